The zero-order valence-electron chi connectivity index (χ0n) is 12.0. The maximum atomic E-state index is 12.2. The molecule has 2 rings (SSSR count). The maximum absolute atomic E-state index is 12.2. The molecule has 0 aliphatic rings. The fourth-order valence-corrected chi connectivity index (χ4v) is 3.39. The van der Waals surface area contributed by atoms with E-state index in [1.165, 1.54) is 23.1 Å². The molecule has 3 N–H and O–H groups in total. The lowest BCUT2D eigenvalue weighted by Crippen LogP contribution is -2.22. The number of nitrogens with one attached hydrogen (secondary N) is 1. The van der Waals surface area contributed by atoms with Crippen LogP contribution in [0.2, 0.25) is 0 Å². The Balaban J connectivity index is 1.97. The van der Waals surface area contributed by atoms with E-state index in [9.17, 15) is 4.79 Å². The second-order valence-corrected chi connectivity index (χ2v) is 7.13. The van der Waals surface area contributed by atoms with Crippen molar-refractivity contribution in [2.75, 3.05) is 30.0 Å². The number of hydrogen-bond acceptors (Lipinski definition) is 7. The number of benzene rings is 1. The predicted molar refractivity (Wildman–Crippen MR) is 89.0 cm³/mol. The Bertz CT molecular complexity index is 629. The number of hydrogen-bond donors (Lipinski definition) is 2. The van der Waals surface area contributed by atoms with E-state index in [-0.39, 0.29) is 11.2 Å². The summed E-state index contributed by atoms with van der Waals surface area (Å²) in [6.45, 7) is 1.83. The molecule has 0 fully saturated rings. The van der Waals surface area contributed by atoms with Crippen LogP contribution in [0.25, 0.3) is 0 Å². The molecule has 1 aromatic carbocycles. The molecule has 1 amide bonds. The van der Waals surface area contributed by atoms with Gasteiger partial charge in [0, 0.05) is 14.1 Å². The van der Waals surface area contributed by atoms with E-state index in [0.717, 1.165) is 9.47 Å². The van der Waals surface area contributed by atoms with E-state index in [1.807, 2.05) is 38.1 Å². The second-order valence-electron chi connectivity index (χ2n) is 4.58. The van der Waals surface area contributed by atoms with Gasteiger partial charge in [-0.2, -0.15) is 0 Å². The third-order valence-corrected chi connectivity index (χ3v) is 4.92. The molecule has 0 bridgehead atoms. The Morgan fingerprint density at radius 3 is 2.71 bits per heavy atom. The van der Waals surface area contributed by atoms with Crippen LogP contribution in [0, 0.1) is 0 Å². The molecule has 0 aliphatic heterocycles. The van der Waals surface area contributed by atoms with Gasteiger partial charge in [0.15, 0.2) is 4.34 Å². The van der Waals surface area contributed by atoms with Crippen LogP contribution >= 0.6 is 23.1 Å². The summed E-state index contributed by atoms with van der Waals surface area (Å²) in [5.41, 5.74) is 6.99. The average Bonchev–Trinajstić information content (AvgIpc) is 2.90. The van der Waals surface area contributed by atoms with Crippen molar-refractivity contribution in [3.8, 4) is 0 Å². The van der Waals surface area contributed by atoms with Crippen molar-refractivity contribution in [3.05, 3.63) is 24.3 Å². The van der Waals surface area contributed by atoms with Gasteiger partial charge in [0.1, 0.15) is 0 Å². The van der Waals surface area contributed by atoms with Crippen molar-refractivity contribution in [1.29, 1.82) is 0 Å². The third-order valence-electron chi connectivity index (χ3n) is 2.64. The lowest BCUT2D eigenvalue weighted by atomic mass is 10.2. The number of thioether (sulfide) groups is 1. The molecule has 0 spiro atoms. The zero-order valence-corrected chi connectivity index (χ0v) is 13.7. The lowest BCUT2D eigenvalue weighted by molar-refractivity contribution is -0.115. The number of nitrogen functional groups attached to an aromatic ring is 1. The zero-order chi connectivity index (χ0) is 15.4. The largest absolute Gasteiger partial charge is 0.397 e. The monoisotopic (exact) mass is 323 g/mol. The fourth-order valence-electron chi connectivity index (χ4n) is 1.48. The smallest absolute Gasteiger partial charge is 0.237 e. The highest BCUT2D eigenvalue weighted by molar-refractivity contribution is 8.02. The van der Waals surface area contributed by atoms with Gasteiger partial charge in [-0.3, -0.25) is 4.79 Å². The van der Waals surface area contributed by atoms with Crippen LogP contribution in [0.5, 0.6) is 0 Å². The van der Waals surface area contributed by atoms with E-state index in [4.69, 9.17) is 5.73 Å². The number of carbonyl (C=O) groups excluding carboxylic acids is 1. The van der Waals surface area contributed by atoms with Crippen molar-refractivity contribution < 1.29 is 4.79 Å². The molecule has 1 heterocycles. The highest BCUT2D eigenvalue weighted by atomic mass is 32.2. The molecule has 1 aromatic heterocycles. The van der Waals surface area contributed by atoms with Crippen molar-refractivity contribution in [3.63, 3.8) is 0 Å². The van der Waals surface area contributed by atoms with E-state index >= 15 is 0 Å². The van der Waals surface area contributed by atoms with Gasteiger partial charge < -0.3 is 16.0 Å². The fraction of sp³-hybridized carbons (Fsp3) is 0.308. The summed E-state index contributed by atoms with van der Waals surface area (Å²) in [5, 5.41) is 11.5. The molecule has 6 nitrogen and oxygen atoms in total. The Morgan fingerprint density at radius 1 is 1.38 bits per heavy atom. The standard InChI is InChI=1S/C13H17N5OS2/c1-8(20-13-17-16-12(21-13)18(2)3)11(19)15-10-7-5-4-6-9(10)14/h4-8H,14H2,1-3H3,(H,15,19). The first-order chi connectivity index (χ1) is 9.97. The summed E-state index contributed by atoms with van der Waals surface area (Å²) in [7, 11) is 3.81. The number of amides is 1. The van der Waals surface area contributed by atoms with Gasteiger partial charge in [-0.1, -0.05) is 35.2 Å². The summed E-state index contributed by atoms with van der Waals surface area (Å²) in [6.07, 6.45) is 0. The van der Waals surface area contributed by atoms with Gasteiger partial charge in [0.25, 0.3) is 0 Å². The van der Waals surface area contributed by atoms with E-state index in [0.29, 0.717) is 11.4 Å². The molecule has 21 heavy (non-hydrogen) atoms. The number of anilines is 3. The minimum absolute atomic E-state index is 0.112. The first kappa shape index (κ1) is 15.6. The highest BCUT2D eigenvalue weighted by Crippen LogP contribution is 2.30. The number of carbonyl (C=O) groups is 1. The van der Waals surface area contributed by atoms with E-state index in [2.05, 4.69) is 15.5 Å². The molecule has 8 heteroatoms. The number of rotatable bonds is 5. The topological polar surface area (TPSA) is 84.1 Å². The quantitative estimate of drug-likeness (QED) is 0.649. The van der Waals surface area contributed by atoms with Crippen LogP contribution < -0.4 is 16.0 Å². The van der Waals surface area contributed by atoms with E-state index < -0.39 is 0 Å². The van der Waals surface area contributed by atoms with Crippen molar-refractivity contribution in [2.45, 2.75) is 16.5 Å². The average molecular weight is 323 g/mol. The van der Waals surface area contributed by atoms with Crippen LogP contribution in [0.3, 0.4) is 0 Å². The maximum Gasteiger partial charge on any atom is 0.237 e. The molecular formula is C13H17N5OS2. The number of para-hydroxylation sites is 2. The highest BCUT2D eigenvalue weighted by Gasteiger charge is 2.18. The Hall–Kier alpha value is -1.80. The second kappa shape index (κ2) is 6.77. The molecular weight excluding hydrogens is 306 g/mol. The van der Waals surface area contributed by atoms with Crippen molar-refractivity contribution >= 4 is 45.5 Å². The van der Waals surface area contributed by atoms with Crippen LogP contribution in [0.15, 0.2) is 28.6 Å². The molecule has 2 aromatic rings. The lowest BCUT2D eigenvalue weighted by Gasteiger charge is -2.11. The SMILES string of the molecule is CC(Sc1nnc(N(C)C)s1)C(=O)Nc1ccccc1N. The predicted octanol–water partition coefficient (Wildman–Crippen LogP) is 2.31. The number of nitrogens with zero attached hydrogens (tertiary/aromatic N) is 3. The Morgan fingerprint density at radius 2 is 2.10 bits per heavy atom. The first-order valence-electron chi connectivity index (χ1n) is 6.30. The number of aromatic nitrogens is 2. The van der Waals surface area contributed by atoms with Gasteiger partial charge in [-0.05, 0) is 19.1 Å². The molecule has 1 unspecified atom stereocenters. The van der Waals surface area contributed by atoms with Crippen molar-refractivity contribution in [2.24, 2.45) is 0 Å². The van der Waals surface area contributed by atoms with Gasteiger partial charge >= 0.3 is 0 Å². The van der Waals surface area contributed by atoms with Gasteiger partial charge in [-0.25, -0.2) is 0 Å². The first-order valence-corrected chi connectivity index (χ1v) is 8.00. The summed E-state index contributed by atoms with van der Waals surface area (Å²) in [6, 6.07) is 7.19. The molecule has 1 atom stereocenters. The van der Waals surface area contributed by atoms with Crippen LogP contribution in [0.4, 0.5) is 16.5 Å². The molecule has 112 valence electrons. The summed E-state index contributed by atoms with van der Waals surface area (Å²) in [4.78, 5) is 14.1. The van der Waals surface area contributed by atoms with Crippen LogP contribution in [0.1, 0.15) is 6.92 Å². The normalized spacial score (nSPS) is 12.0. The Labute approximate surface area is 131 Å². The number of nitrogens with two attached hydrogens (primary N) is 1. The summed E-state index contributed by atoms with van der Waals surface area (Å²) in [5.74, 6) is -0.112. The Kier molecular flexibility index (Phi) is 5.03. The van der Waals surface area contributed by atoms with Crippen LogP contribution in [-0.2, 0) is 4.79 Å². The summed E-state index contributed by atoms with van der Waals surface area (Å²) >= 11 is 2.84. The molecule has 0 saturated heterocycles. The summed E-state index contributed by atoms with van der Waals surface area (Å²) < 4.78 is 0.766. The molecule has 0 saturated carbocycles. The minimum atomic E-state index is -0.285. The third kappa shape index (κ3) is 4.08. The minimum Gasteiger partial charge on any atom is -0.397 e. The van der Waals surface area contributed by atoms with Crippen LogP contribution in [-0.4, -0.2) is 35.4 Å². The van der Waals surface area contributed by atoms with Gasteiger partial charge in [0.2, 0.25) is 11.0 Å². The van der Waals surface area contributed by atoms with E-state index in [1.54, 1.807) is 12.1 Å². The van der Waals surface area contributed by atoms with Gasteiger partial charge in [-0.15, -0.1) is 10.2 Å². The molecule has 0 radical (unpaired) electrons. The van der Waals surface area contributed by atoms with Gasteiger partial charge in [0.05, 0.1) is 16.6 Å². The van der Waals surface area contributed by atoms with Crippen molar-refractivity contribution in [1.82, 2.24) is 10.2 Å². The molecule has 0 aliphatic carbocycles.